The third kappa shape index (κ3) is 3.60. The van der Waals surface area contributed by atoms with E-state index in [1.807, 2.05) is 31.2 Å². The molecule has 0 saturated heterocycles. The Balaban J connectivity index is 1.51. The first-order valence-corrected chi connectivity index (χ1v) is 10.6. The molecule has 0 saturated carbocycles. The maximum Gasteiger partial charge on any atom is 0.343 e. The first-order chi connectivity index (χ1) is 15.3. The van der Waals surface area contributed by atoms with Crippen LogP contribution in [0.15, 0.2) is 66.1 Å². The number of rotatable bonds is 3. The summed E-state index contributed by atoms with van der Waals surface area (Å²) in [4.78, 5) is 30.1. The topological polar surface area (TPSA) is 86.1 Å². The Labute approximate surface area is 186 Å². The zero-order valence-corrected chi connectivity index (χ0v) is 18.3. The Morgan fingerprint density at radius 1 is 1.16 bits per heavy atom. The van der Waals surface area contributed by atoms with Gasteiger partial charge < -0.3 is 10.1 Å². The molecule has 32 heavy (non-hydrogen) atoms. The van der Waals surface area contributed by atoms with Crippen LogP contribution >= 0.6 is 0 Å². The number of carbonyl (C=O) groups excluding carboxylic acids is 2. The molecular formula is C25H24N4O3. The first-order valence-electron chi connectivity index (χ1n) is 10.6. The van der Waals surface area contributed by atoms with Gasteiger partial charge in [-0.2, -0.15) is 10.1 Å². The number of carbonyl (C=O) groups is 2. The summed E-state index contributed by atoms with van der Waals surface area (Å²) in [6.45, 7) is 6.15. The van der Waals surface area contributed by atoms with Crippen molar-refractivity contribution in [1.29, 1.82) is 0 Å². The van der Waals surface area contributed by atoms with Gasteiger partial charge >= 0.3 is 5.97 Å². The maximum atomic E-state index is 13.2. The molecular weight excluding hydrogens is 404 g/mol. The van der Waals surface area contributed by atoms with Crippen LogP contribution in [-0.2, 0) is 4.79 Å². The number of fused-ring (bicyclic) bond motifs is 1. The van der Waals surface area contributed by atoms with Gasteiger partial charge in [0.1, 0.15) is 18.1 Å². The zero-order valence-electron chi connectivity index (χ0n) is 18.3. The Bertz CT molecular complexity index is 1250. The van der Waals surface area contributed by atoms with Gasteiger partial charge in [0.2, 0.25) is 5.95 Å². The summed E-state index contributed by atoms with van der Waals surface area (Å²) in [6.07, 6.45) is 2.69. The van der Waals surface area contributed by atoms with Crippen molar-refractivity contribution in [3.8, 4) is 5.75 Å². The number of nitrogens with zero attached hydrogens (tertiary/aromatic N) is 3. The molecule has 0 fully saturated rings. The van der Waals surface area contributed by atoms with Gasteiger partial charge in [0.05, 0.1) is 5.56 Å². The summed E-state index contributed by atoms with van der Waals surface area (Å²) in [5, 5.41) is 7.67. The number of aryl methyl sites for hydroxylation is 1. The number of hydrogen-bond acceptors (Lipinski definition) is 6. The van der Waals surface area contributed by atoms with Gasteiger partial charge in [-0.05, 0) is 48.6 Å². The van der Waals surface area contributed by atoms with Crippen LogP contribution in [-0.4, -0.2) is 26.5 Å². The van der Waals surface area contributed by atoms with Crippen molar-refractivity contribution < 1.29 is 14.3 Å². The number of Topliss-reactive ketones (excluding diaryl/α,β-unsaturated/α-hetero) is 1. The molecule has 1 atom stereocenters. The zero-order chi connectivity index (χ0) is 22.5. The van der Waals surface area contributed by atoms with Gasteiger partial charge in [-0.1, -0.05) is 43.7 Å². The van der Waals surface area contributed by atoms with E-state index in [4.69, 9.17) is 4.74 Å². The predicted molar refractivity (Wildman–Crippen MR) is 119 cm³/mol. The van der Waals surface area contributed by atoms with Crippen LogP contribution in [0.5, 0.6) is 5.75 Å². The molecule has 7 nitrogen and oxygen atoms in total. The molecule has 162 valence electrons. The number of allylic oxidation sites excluding steroid dienone is 2. The molecule has 1 aromatic heterocycles. The van der Waals surface area contributed by atoms with E-state index in [1.54, 1.807) is 28.9 Å². The predicted octanol–water partition coefficient (Wildman–Crippen LogP) is 4.46. The molecule has 0 amide bonds. The van der Waals surface area contributed by atoms with Crippen LogP contribution < -0.4 is 10.1 Å². The first kappa shape index (κ1) is 20.2. The Kier molecular flexibility index (Phi) is 4.69. The largest absolute Gasteiger partial charge is 0.423 e. The van der Waals surface area contributed by atoms with Crippen LogP contribution in [0.4, 0.5) is 5.95 Å². The molecule has 0 radical (unpaired) electrons. The fourth-order valence-electron chi connectivity index (χ4n) is 4.46. The molecule has 2 heterocycles. The molecule has 0 bridgehead atoms. The molecule has 5 rings (SSSR count). The van der Waals surface area contributed by atoms with Crippen LogP contribution in [0.3, 0.4) is 0 Å². The SMILES string of the molecule is Cc1ccc(C(=O)Oc2cccc([C@@H]3C4=C(CC(C)(C)CC4=O)Nc4ncnn43)c2)cc1. The van der Waals surface area contributed by atoms with Crippen molar-refractivity contribution in [2.24, 2.45) is 5.41 Å². The summed E-state index contributed by atoms with van der Waals surface area (Å²) < 4.78 is 7.35. The van der Waals surface area contributed by atoms with Crippen LogP contribution in [0, 0.1) is 12.3 Å². The number of anilines is 1. The lowest BCUT2D eigenvalue weighted by Gasteiger charge is -2.38. The second kappa shape index (κ2) is 7.44. The standard InChI is InChI=1S/C25H24N4O3/c1-15-7-9-16(10-8-15)23(31)32-18-6-4-5-17(11-18)22-21-19(12-25(2,3)13-20(21)30)28-24-26-14-27-29(22)24/h4-11,14,22H,12-13H2,1-3H3,(H,26,27,28)/t22-/m1/s1. The summed E-state index contributed by atoms with van der Waals surface area (Å²) in [6, 6.07) is 14.1. The molecule has 1 aliphatic heterocycles. The Morgan fingerprint density at radius 2 is 1.94 bits per heavy atom. The molecule has 2 aromatic carbocycles. The molecule has 3 aromatic rings. The van der Waals surface area contributed by atoms with E-state index in [0.717, 1.165) is 23.2 Å². The second-order valence-electron chi connectivity index (χ2n) is 9.22. The van der Waals surface area contributed by atoms with E-state index in [2.05, 4.69) is 29.2 Å². The van der Waals surface area contributed by atoms with E-state index in [9.17, 15) is 9.59 Å². The molecule has 2 aliphatic rings. The van der Waals surface area contributed by atoms with Gasteiger partial charge in [0.15, 0.2) is 5.78 Å². The number of ether oxygens (including phenoxy) is 1. The van der Waals surface area contributed by atoms with E-state index >= 15 is 0 Å². The molecule has 0 unspecified atom stereocenters. The third-order valence-electron chi connectivity index (χ3n) is 5.95. The summed E-state index contributed by atoms with van der Waals surface area (Å²) >= 11 is 0. The number of aromatic nitrogens is 3. The van der Waals surface area contributed by atoms with Gasteiger partial charge in [-0.15, -0.1) is 0 Å². The highest BCUT2D eigenvalue weighted by Gasteiger charge is 2.41. The number of nitrogens with one attached hydrogen (secondary N) is 1. The van der Waals surface area contributed by atoms with E-state index in [1.165, 1.54) is 6.33 Å². The van der Waals surface area contributed by atoms with Crippen molar-refractivity contribution in [2.45, 2.75) is 39.7 Å². The number of benzene rings is 2. The summed E-state index contributed by atoms with van der Waals surface area (Å²) in [5.74, 6) is 0.682. The summed E-state index contributed by atoms with van der Waals surface area (Å²) in [7, 11) is 0. The van der Waals surface area contributed by atoms with Crippen molar-refractivity contribution in [2.75, 3.05) is 5.32 Å². The van der Waals surface area contributed by atoms with E-state index in [0.29, 0.717) is 29.3 Å². The molecule has 7 heteroatoms. The van der Waals surface area contributed by atoms with Crippen molar-refractivity contribution in [1.82, 2.24) is 14.8 Å². The van der Waals surface area contributed by atoms with Gasteiger partial charge in [-0.25, -0.2) is 9.48 Å². The highest BCUT2D eigenvalue weighted by Crippen LogP contribution is 2.45. The van der Waals surface area contributed by atoms with Crippen LogP contribution in [0.25, 0.3) is 0 Å². The van der Waals surface area contributed by atoms with Gasteiger partial charge in [0, 0.05) is 17.7 Å². The molecule has 0 spiro atoms. The fourth-order valence-corrected chi connectivity index (χ4v) is 4.46. The van der Waals surface area contributed by atoms with Crippen LogP contribution in [0.2, 0.25) is 0 Å². The lowest BCUT2D eigenvalue weighted by atomic mass is 9.73. The van der Waals surface area contributed by atoms with Crippen molar-refractivity contribution in [3.63, 3.8) is 0 Å². The molecule has 1 N–H and O–H groups in total. The van der Waals surface area contributed by atoms with Crippen molar-refractivity contribution in [3.05, 3.63) is 82.8 Å². The quantitative estimate of drug-likeness (QED) is 0.490. The van der Waals surface area contributed by atoms with Crippen molar-refractivity contribution >= 4 is 17.7 Å². The number of ketones is 1. The minimum absolute atomic E-state index is 0.0944. The highest BCUT2D eigenvalue weighted by molar-refractivity contribution is 6.00. The average Bonchev–Trinajstić information content (AvgIpc) is 3.20. The third-order valence-corrected chi connectivity index (χ3v) is 5.95. The normalized spacial score (nSPS) is 19.1. The molecule has 1 aliphatic carbocycles. The Hall–Kier alpha value is -3.74. The average molecular weight is 428 g/mol. The number of hydrogen-bond donors (Lipinski definition) is 1. The fraction of sp³-hybridized carbons (Fsp3) is 0.280. The van der Waals surface area contributed by atoms with Crippen LogP contribution in [0.1, 0.15) is 54.2 Å². The monoisotopic (exact) mass is 428 g/mol. The smallest absolute Gasteiger partial charge is 0.343 e. The minimum atomic E-state index is -0.427. The second-order valence-corrected chi connectivity index (χ2v) is 9.22. The lowest BCUT2D eigenvalue weighted by Crippen LogP contribution is -2.36. The van der Waals surface area contributed by atoms with Gasteiger partial charge in [-0.3, -0.25) is 4.79 Å². The lowest BCUT2D eigenvalue weighted by molar-refractivity contribution is -0.118. The minimum Gasteiger partial charge on any atom is -0.423 e. The van der Waals surface area contributed by atoms with Gasteiger partial charge in [0.25, 0.3) is 0 Å². The Morgan fingerprint density at radius 3 is 2.72 bits per heavy atom. The van der Waals surface area contributed by atoms with E-state index < -0.39 is 12.0 Å². The maximum absolute atomic E-state index is 13.2. The van der Waals surface area contributed by atoms with E-state index in [-0.39, 0.29) is 11.2 Å². The number of esters is 1. The highest BCUT2D eigenvalue weighted by atomic mass is 16.5. The summed E-state index contributed by atoms with van der Waals surface area (Å²) in [5.41, 5.74) is 3.83.